The Morgan fingerprint density at radius 1 is 1.29 bits per heavy atom. The summed E-state index contributed by atoms with van der Waals surface area (Å²) in [5.74, 6) is 1.41. The molecule has 0 spiro atoms. The molecule has 1 aliphatic heterocycles. The van der Waals surface area contributed by atoms with E-state index in [0.717, 1.165) is 0 Å². The largest absolute Gasteiger partial charge is 0.486 e. The van der Waals surface area contributed by atoms with Crippen LogP contribution in [0.5, 0.6) is 11.5 Å². The van der Waals surface area contributed by atoms with Crippen molar-refractivity contribution in [1.29, 1.82) is 0 Å². The number of aromatic nitrogens is 3. The number of hydrogen-bond acceptors (Lipinski definition) is 6. The van der Waals surface area contributed by atoms with Crippen molar-refractivity contribution >= 4 is 10.0 Å². The highest BCUT2D eigenvalue weighted by Gasteiger charge is 2.22. The van der Waals surface area contributed by atoms with Crippen molar-refractivity contribution in [3.05, 3.63) is 30.4 Å². The second kappa shape index (κ2) is 5.34. The monoisotopic (exact) mass is 310 g/mol. The quantitative estimate of drug-likeness (QED) is 0.857. The number of nitrogens with zero attached hydrogens (tertiary/aromatic N) is 2. The minimum Gasteiger partial charge on any atom is -0.486 e. The normalized spacial score (nSPS) is 15.7. The summed E-state index contributed by atoms with van der Waals surface area (Å²) in [6, 6.07) is 3.99. The number of aromatic amines is 1. The molecule has 1 aromatic heterocycles. The maximum Gasteiger partial charge on any atom is 0.241 e. The van der Waals surface area contributed by atoms with Gasteiger partial charge in [-0.3, -0.25) is 5.10 Å². The first-order valence-corrected chi connectivity index (χ1v) is 7.82. The number of rotatable bonds is 4. The summed E-state index contributed by atoms with van der Waals surface area (Å²) in [7, 11) is -3.69. The Morgan fingerprint density at radius 3 is 2.76 bits per heavy atom. The van der Waals surface area contributed by atoms with Crippen molar-refractivity contribution in [3.63, 3.8) is 0 Å². The van der Waals surface area contributed by atoms with Crippen LogP contribution in [0.2, 0.25) is 0 Å². The topological polar surface area (TPSA) is 106 Å². The summed E-state index contributed by atoms with van der Waals surface area (Å²) in [6.45, 7) is 2.54. The second-order valence-electron chi connectivity index (χ2n) is 4.52. The lowest BCUT2D eigenvalue weighted by molar-refractivity contribution is 0.171. The van der Waals surface area contributed by atoms with Gasteiger partial charge in [-0.2, -0.15) is 5.10 Å². The summed E-state index contributed by atoms with van der Waals surface area (Å²) in [4.78, 5) is 4.04. The van der Waals surface area contributed by atoms with Crippen molar-refractivity contribution in [3.8, 4) is 11.5 Å². The molecule has 3 rings (SSSR count). The Morgan fingerprint density at radius 2 is 2.05 bits per heavy atom. The molecular weight excluding hydrogens is 296 g/mol. The van der Waals surface area contributed by atoms with E-state index in [4.69, 9.17) is 9.47 Å². The van der Waals surface area contributed by atoms with E-state index < -0.39 is 16.1 Å². The van der Waals surface area contributed by atoms with Crippen LogP contribution >= 0.6 is 0 Å². The third-order valence-electron chi connectivity index (χ3n) is 3.00. The van der Waals surface area contributed by atoms with Crippen LogP contribution < -0.4 is 14.2 Å². The molecule has 8 nitrogen and oxygen atoms in total. The molecule has 1 aromatic carbocycles. The van der Waals surface area contributed by atoms with Gasteiger partial charge in [0, 0.05) is 6.07 Å². The summed E-state index contributed by atoms with van der Waals surface area (Å²) in [5, 5.41) is 6.32. The predicted octanol–water partition coefficient (Wildman–Crippen LogP) is 0.615. The Bertz CT molecular complexity index is 730. The van der Waals surface area contributed by atoms with Gasteiger partial charge in [0.2, 0.25) is 10.0 Å². The Balaban J connectivity index is 1.84. The van der Waals surface area contributed by atoms with E-state index in [9.17, 15) is 8.42 Å². The summed E-state index contributed by atoms with van der Waals surface area (Å²) in [5.41, 5.74) is 0. The molecule has 9 heteroatoms. The van der Waals surface area contributed by atoms with Crippen molar-refractivity contribution < 1.29 is 17.9 Å². The molecule has 0 radical (unpaired) electrons. The summed E-state index contributed by atoms with van der Waals surface area (Å²) >= 11 is 0. The molecule has 0 saturated heterocycles. The molecule has 2 aromatic rings. The Hall–Kier alpha value is -2.13. The first-order valence-electron chi connectivity index (χ1n) is 6.33. The fraction of sp³-hybridized carbons (Fsp3) is 0.333. The van der Waals surface area contributed by atoms with Gasteiger partial charge in [0.25, 0.3) is 0 Å². The molecule has 1 atom stereocenters. The molecule has 1 unspecified atom stereocenters. The SMILES string of the molecule is CC(NS(=O)(=O)c1ccc2c(c1)OCCO2)c1ncn[nH]1. The van der Waals surface area contributed by atoms with Crippen LogP contribution in [0.3, 0.4) is 0 Å². The average Bonchev–Trinajstić information content (AvgIpc) is 3.00. The third kappa shape index (κ3) is 2.83. The minimum atomic E-state index is -3.69. The third-order valence-corrected chi connectivity index (χ3v) is 4.54. The predicted molar refractivity (Wildman–Crippen MR) is 72.6 cm³/mol. The molecular formula is C12H14N4O4S. The highest BCUT2D eigenvalue weighted by Crippen LogP contribution is 2.32. The zero-order valence-electron chi connectivity index (χ0n) is 11.2. The average molecular weight is 310 g/mol. The molecule has 2 heterocycles. The van der Waals surface area contributed by atoms with Gasteiger partial charge in [0.05, 0.1) is 10.9 Å². The minimum absolute atomic E-state index is 0.109. The fourth-order valence-electron chi connectivity index (χ4n) is 1.97. The maximum absolute atomic E-state index is 12.4. The number of benzene rings is 1. The smallest absolute Gasteiger partial charge is 0.241 e. The summed E-state index contributed by atoms with van der Waals surface area (Å²) in [6.07, 6.45) is 1.32. The number of H-pyrrole nitrogens is 1. The van der Waals surface area contributed by atoms with Crippen LogP contribution in [0.25, 0.3) is 0 Å². The number of hydrogen-bond donors (Lipinski definition) is 2. The summed E-state index contributed by atoms with van der Waals surface area (Å²) < 4.78 is 38.0. The van der Waals surface area contributed by atoms with Crippen molar-refractivity contribution in [2.75, 3.05) is 13.2 Å². The second-order valence-corrected chi connectivity index (χ2v) is 6.23. The van der Waals surface area contributed by atoms with Crippen LogP contribution in [0, 0.1) is 0 Å². The molecule has 0 fully saturated rings. The van der Waals surface area contributed by atoms with Crippen molar-refractivity contribution in [2.45, 2.75) is 17.9 Å². The molecule has 112 valence electrons. The van der Waals surface area contributed by atoms with E-state index in [1.807, 2.05) is 0 Å². The molecule has 0 aliphatic carbocycles. The first kappa shape index (κ1) is 13.8. The van der Waals surface area contributed by atoms with E-state index in [1.54, 1.807) is 13.0 Å². The van der Waals surface area contributed by atoms with Gasteiger partial charge in [0.1, 0.15) is 25.4 Å². The van der Waals surface area contributed by atoms with Gasteiger partial charge in [-0.1, -0.05) is 0 Å². The highest BCUT2D eigenvalue weighted by molar-refractivity contribution is 7.89. The van der Waals surface area contributed by atoms with Crippen molar-refractivity contribution in [1.82, 2.24) is 19.9 Å². The van der Waals surface area contributed by atoms with E-state index in [-0.39, 0.29) is 4.90 Å². The zero-order valence-corrected chi connectivity index (χ0v) is 12.1. The molecule has 21 heavy (non-hydrogen) atoms. The van der Waals surface area contributed by atoms with E-state index >= 15 is 0 Å². The Labute approximate surface area is 121 Å². The number of sulfonamides is 1. The molecule has 0 saturated carbocycles. The zero-order chi connectivity index (χ0) is 14.9. The van der Waals surface area contributed by atoms with Crippen LogP contribution in [-0.2, 0) is 10.0 Å². The lowest BCUT2D eigenvalue weighted by atomic mass is 10.3. The first-order chi connectivity index (χ1) is 10.1. The van der Waals surface area contributed by atoms with Crippen LogP contribution in [0.15, 0.2) is 29.4 Å². The van der Waals surface area contributed by atoms with Gasteiger partial charge in [0.15, 0.2) is 11.5 Å². The van der Waals surface area contributed by atoms with Gasteiger partial charge in [-0.05, 0) is 19.1 Å². The van der Waals surface area contributed by atoms with Crippen molar-refractivity contribution in [2.24, 2.45) is 0 Å². The van der Waals surface area contributed by atoms with E-state index in [2.05, 4.69) is 19.9 Å². The Kier molecular flexibility index (Phi) is 3.52. The lowest BCUT2D eigenvalue weighted by Crippen LogP contribution is -2.28. The standard InChI is InChI=1S/C12H14N4O4S/c1-8(12-13-7-14-15-12)16-21(17,18)9-2-3-10-11(6-9)20-5-4-19-10/h2-3,6-8,16H,4-5H2,1H3,(H,13,14,15). The molecule has 1 aliphatic rings. The maximum atomic E-state index is 12.4. The highest BCUT2D eigenvalue weighted by atomic mass is 32.2. The molecule has 2 N–H and O–H groups in total. The van der Waals surface area contributed by atoms with E-state index in [0.29, 0.717) is 30.5 Å². The van der Waals surface area contributed by atoms with Gasteiger partial charge >= 0.3 is 0 Å². The van der Waals surface area contributed by atoms with Crippen LogP contribution in [0.4, 0.5) is 0 Å². The van der Waals surface area contributed by atoms with Gasteiger partial charge < -0.3 is 9.47 Å². The number of nitrogens with one attached hydrogen (secondary N) is 2. The van der Waals surface area contributed by atoms with Crippen LogP contribution in [-0.4, -0.2) is 36.8 Å². The lowest BCUT2D eigenvalue weighted by Gasteiger charge is -2.19. The van der Waals surface area contributed by atoms with Gasteiger partial charge in [-0.25, -0.2) is 18.1 Å². The van der Waals surface area contributed by atoms with Gasteiger partial charge in [-0.15, -0.1) is 0 Å². The van der Waals surface area contributed by atoms with E-state index in [1.165, 1.54) is 18.5 Å². The van der Waals surface area contributed by atoms with Crippen LogP contribution in [0.1, 0.15) is 18.8 Å². The number of ether oxygens (including phenoxy) is 2. The molecule has 0 amide bonds. The molecule has 0 bridgehead atoms. The fourth-order valence-corrected chi connectivity index (χ4v) is 3.19. The number of fused-ring (bicyclic) bond motifs is 1.